The van der Waals surface area contributed by atoms with Gasteiger partial charge in [-0.2, -0.15) is 12.7 Å². The standard InChI is InChI=1S/C12H20N4O2S/c1-10-6-12(9-14-8-10)15-19(17,18)16-4-2-11(7-13)3-5-16/h6,8-9,11,15H,2-5,7,13H2,1H3. The van der Waals surface area contributed by atoms with Crippen LogP contribution < -0.4 is 10.5 Å². The minimum Gasteiger partial charge on any atom is -0.330 e. The van der Waals surface area contributed by atoms with Crippen LogP contribution in [0.15, 0.2) is 18.5 Å². The molecule has 0 bridgehead atoms. The Bertz CT molecular complexity index is 524. The second-order valence-corrected chi connectivity index (χ2v) is 6.61. The highest BCUT2D eigenvalue weighted by molar-refractivity contribution is 7.90. The van der Waals surface area contributed by atoms with Gasteiger partial charge in [0.25, 0.3) is 0 Å². The lowest BCUT2D eigenvalue weighted by Gasteiger charge is -2.30. The number of hydrogen-bond donors (Lipinski definition) is 2. The summed E-state index contributed by atoms with van der Waals surface area (Å²) in [6, 6.07) is 1.76. The van der Waals surface area contributed by atoms with Crippen molar-refractivity contribution in [2.45, 2.75) is 19.8 Å². The molecule has 6 nitrogen and oxygen atoms in total. The minimum atomic E-state index is -3.48. The second-order valence-electron chi connectivity index (χ2n) is 4.94. The summed E-state index contributed by atoms with van der Waals surface area (Å²) in [6.45, 7) is 3.55. The maximum atomic E-state index is 12.2. The van der Waals surface area contributed by atoms with Crippen LogP contribution in [0.25, 0.3) is 0 Å². The van der Waals surface area contributed by atoms with Crippen LogP contribution in [0.1, 0.15) is 18.4 Å². The molecule has 2 rings (SSSR count). The smallest absolute Gasteiger partial charge is 0.301 e. The molecule has 1 aromatic heterocycles. The van der Waals surface area contributed by atoms with Crippen molar-refractivity contribution in [3.63, 3.8) is 0 Å². The summed E-state index contributed by atoms with van der Waals surface area (Å²) >= 11 is 0. The monoisotopic (exact) mass is 284 g/mol. The number of nitrogens with one attached hydrogen (secondary N) is 1. The molecule has 1 aliphatic heterocycles. The average molecular weight is 284 g/mol. The molecule has 0 amide bonds. The Hall–Kier alpha value is -1.18. The Morgan fingerprint density at radius 2 is 2.11 bits per heavy atom. The van der Waals surface area contributed by atoms with Gasteiger partial charge in [0, 0.05) is 19.3 Å². The summed E-state index contributed by atoms with van der Waals surface area (Å²) in [7, 11) is -3.48. The summed E-state index contributed by atoms with van der Waals surface area (Å²) < 4.78 is 28.5. The molecule has 3 N–H and O–H groups in total. The van der Waals surface area contributed by atoms with E-state index in [0.717, 1.165) is 18.4 Å². The van der Waals surface area contributed by atoms with Gasteiger partial charge < -0.3 is 5.73 Å². The van der Waals surface area contributed by atoms with E-state index in [1.165, 1.54) is 10.5 Å². The maximum absolute atomic E-state index is 12.2. The predicted octanol–water partition coefficient (Wildman–Crippen LogP) is 0.717. The molecule has 2 heterocycles. The molecular formula is C12H20N4O2S. The van der Waals surface area contributed by atoms with Crippen LogP contribution >= 0.6 is 0 Å². The molecule has 0 radical (unpaired) electrons. The van der Waals surface area contributed by atoms with Crippen LogP contribution in [0.5, 0.6) is 0 Å². The van der Waals surface area contributed by atoms with E-state index < -0.39 is 10.2 Å². The lowest BCUT2D eigenvalue weighted by molar-refractivity contribution is 0.280. The predicted molar refractivity (Wildman–Crippen MR) is 74.9 cm³/mol. The van der Waals surface area contributed by atoms with Gasteiger partial charge in [-0.15, -0.1) is 0 Å². The third-order valence-electron chi connectivity index (χ3n) is 3.37. The second kappa shape index (κ2) is 5.85. The Kier molecular flexibility index (Phi) is 4.38. The molecule has 0 unspecified atom stereocenters. The molecule has 0 atom stereocenters. The Morgan fingerprint density at radius 3 is 2.68 bits per heavy atom. The Balaban J connectivity index is 2.03. The first-order valence-corrected chi connectivity index (χ1v) is 7.85. The normalized spacial score (nSPS) is 18.4. The van der Waals surface area contributed by atoms with Crippen molar-refractivity contribution >= 4 is 15.9 Å². The Labute approximate surface area is 114 Å². The summed E-state index contributed by atoms with van der Waals surface area (Å²) in [6.07, 6.45) is 4.84. The summed E-state index contributed by atoms with van der Waals surface area (Å²) in [4.78, 5) is 3.98. The Morgan fingerprint density at radius 1 is 1.42 bits per heavy atom. The third-order valence-corrected chi connectivity index (χ3v) is 4.91. The first kappa shape index (κ1) is 14.2. The zero-order valence-electron chi connectivity index (χ0n) is 11.0. The van der Waals surface area contributed by atoms with Crippen LogP contribution in [0.4, 0.5) is 5.69 Å². The number of pyridine rings is 1. The van der Waals surface area contributed by atoms with Crippen LogP contribution in [0, 0.1) is 12.8 Å². The van der Waals surface area contributed by atoms with E-state index >= 15 is 0 Å². The van der Waals surface area contributed by atoms with E-state index in [4.69, 9.17) is 5.73 Å². The topological polar surface area (TPSA) is 88.3 Å². The maximum Gasteiger partial charge on any atom is 0.301 e. The van der Waals surface area contributed by atoms with Crippen LogP contribution in [-0.2, 0) is 10.2 Å². The number of nitrogens with two attached hydrogens (primary N) is 1. The van der Waals surface area contributed by atoms with E-state index in [-0.39, 0.29) is 0 Å². The number of piperidine rings is 1. The quantitative estimate of drug-likeness (QED) is 0.852. The largest absolute Gasteiger partial charge is 0.330 e. The number of rotatable bonds is 4. The third kappa shape index (κ3) is 3.65. The molecule has 19 heavy (non-hydrogen) atoms. The van der Waals surface area contributed by atoms with Crippen molar-refractivity contribution in [1.29, 1.82) is 0 Å². The van der Waals surface area contributed by atoms with Crippen molar-refractivity contribution in [3.05, 3.63) is 24.0 Å². The fourth-order valence-electron chi connectivity index (χ4n) is 2.21. The van der Waals surface area contributed by atoms with Gasteiger partial charge in [0.05, 0.1) is 11.9 Å². The van der Waals surface area contributed by atoms with Gasteiger partial charge in [0.1, 0.15) is 0 Å². The van der Waals surface area contributed by atoms with E-state index in [9.17, 15) is 8.42 Å². The number of aryl methyl sites for hydroxylation is 1. The lowest BCUT2D eigenvalue weighted by Crippen LogP contribution is -2.42. The van der Waals surface area contributed by atoms with Gasteiger partial charge in [0.15, 0.2) is 0 Å². The van der Waals surface area contributed by atoms with Crippen molar-refractivity contribution in [3.8, 4) is 0 Å². The summed E-state index contributed by atoms with van der Waals surface area (Å²) in [5.74, 6) is 0.437. The number of hydrogen-bond acceptors (Lipinski definition) is 4. The van der Waals surface area contributed by atoms with Gasteiger partial charge in [-0.3, -0.25) is 9.71 Å². The van der Waals surface area contributed by atoms with Gasteiger partial charge in [-0.05, 0) is 43.9 Å². The summed E-state index contributed by atoms with van der Waals surface area (Å²) in [5, 5.41) is 0. The molecular weight excluding hydrogens is 264 g/mol. The zero-order chi connectivity index (χ0) is 13.9. The van der Waals surface area contributed by atoms with E-state index in [1.54, 1.807) is 12.3 Å². The fourth-order valence-corrected chi connectivity index (χ4v) is 3.44. The first-order chi connectivity index (χ1) is 9.01. The molecule has 1 aromatic rings. The van der Waals surface area contributed by atoms with Crippen molar-refractivity contribution in [1.82, 2.24) is 9.29 Å². The molecule has 0 spiro atoms. The number of aromatic nitrogens is 1. The fraction of sp³-hybridized carbons (Fsp3) is 0.583. The van der Waals surface area contributed by atoms with E-state index in [1.807, 2.05) is 6.92 Å². The average Bonchev–Trinajstić information content (AvgIpc) is 2.38. The molecule has 1 fully saturated rings. The van der Waals surface area contributed by atoms with Crippen molar-refractivity contribution in [2.24, 2.45) is 11.7 Å². The van der Waals surface area contributed by atoms with Gasteiger partial charge >= 0.3 is 10.2 Å². The van der Waals surface area contributed by atoms with Crippen LogP contribution in [-0.4, -0.2) is 37.3 Å². The highest BCUT2D eigenvalue weighted by Gasteiger charge is 2.27. The molecule has 0 aliphatic carbocycles. The summed E-state index contributed by atoms with van der Waals surface area (Å²) in [5.41, 5.74) is 7.03. The van der Waals surface area contributed by atoms with E-state index in [0.29, 0.717) is 31.2 Å². The van der Waals surface area contributed by atoms with Gasteiger partial charge in [-0.1, -0.05) is 0 Å². The highest BCUT2D eigenvalue weighted by atomic mass is 32.2. The molecule has 0 saturated carbocycles. The van der Waals surface area contributed by atoms with Crippen molar-refractivity contribution in [2.75, 3.05) is 24.4 Å². The lowest BCUT2D eigenvalue weighted by atomic mass is 9.99. The highest BCUT2D eigenvalue weighted by Crippen LogP contribution is 2.20. The molecule has 1 aliphatic rings. The van der Waals surface area contributed by atoms with Crippen LogP contribution in [0.2, 0.25) is 0 Å². The minimum absolute atomic E-state index is 0.437. The van der Waals surface area contributed by atoms with Crippen LogP contribution in [0.3, 0.4) is 0 Å². The molecule has 1 saturated heterocycles. The molecule has 7 heteroatoms. The van der Waals surface area contributed by atoms with Gasteiger partial charge in [0.2, 0.25) is 0 Å². The molecule has 106 valence electrons. The first-order valence-electron chi connectivity index (χ1n) is 6.41. The van der Waals surface area contributed by atoms with Crippen molar-refractivity contribution < 1.29 is 8.42 Å². The van der Waals surface area contributed by atoms with E-state index in [2.05, 4.69) is 9.71 Å². The zero-order valence-corrected chi connectivity index (χ0v) is 11.9. The van der Waals surface area contributed by atoms with Gasteiger partial charge in [-0.25, -0.2) is 0 Å². The SMILES string of the molecule is Cc1cncc(NS(=O)(=O)N2CCC(CN)CC2)c1. The number of nitrogens with zero attached hydrogens (tertiary/aromatic N) is 2. The molecule has 0 aromatic carbocycles. The number of anilines is 1.